The van der Waals surface area contributed by atoms with Crippen LogP contribution in [0.15, 0.2) is 24.3 Å². The number of carbonyl (C=O) groups excluding carboxylic acids is 4. The molecule has 0 aromatic heterocycles. The van der Waals surface area contributed by atoms with Gasteiger partial charge in [-0.2, -0.15) is 0 Å². The SMILES string of the molecule is CC[C@H]1C[C@@]1(NC(=O)[C@@H]1C[C@@H]2CN1C(=O)[C@H](C(C)(C)C)NC(=O)OCCCCCCCc1ccccc1O2)C(=O)NS(=O)(=O)C1CC1. The molecule has 1 saturated heterocycles. The third-order valence-electron chi connectivity index (χ3n) is 9.86. The lowest BCUT2D eigenvalue weighted by molar-refractivity contribution is -0.142. The van der Waals surface area contributed by atoms with E-state index in [0.29, 0.717) is 37.9 Å². The number of ether oxygens (including phenoxy) is 2. The van der Waals surface area contributed by atoms with Crippen molar-refractivity contribution < 1.29 is 37.1 Å². The first kappa shape index (κ1) is 35.0. The molecule has 2 aliphatic heterocycles. The van der Waals surface area contributed by atoms with E-state index in [2.05, 4.69) is 15.4 Å². The van der Waals surface area contributed by atoms with Gasteiger partial charge in [0.25, 0.3) is 5.91 Å². The molecule has 5 rings (SSSR count). The van der Waals surface area contributed by atoms with Gasteiger partial charge in [0.05, 0.1) is 18.4 Å². The molecular weight excluding hydrogens is 624 g/mol. The summed E-state index contributed by atoms with van der Waals surface area (Å²) >= 11 is 0. The number of hydrogen-bond acceptors (Lipinski definition) is 8. The van der Waals surface area contributed by atoms with Crippen LogP contribution in [0.25, 0.3) is 0 Å². The minimum atomic E-state index is -3.82. The lowest BCUT2D eigenvalue weighted by atomic mass is 9.85. The van der Waals surface area contributed by atoms with Gasteiger partial charge in [-0.25, -0.2) is 13.2 Å². The molecule has 2 bridgehead atoms. The maximum absolute atomic E-state index is 14.3. The lowest BCUT2D eigenvalue weighted by Crippen LogP contribution is -2.60. The largest absolute Gasteiger partial charge is 0.488 e. The zero-order chi connectivity index (χ0) is 34.0. The van der Waals surface area contributed by atoms with Crippen molar-refractivity contribution in [2.24, 2.45) is 11.3 Å². The molecule has 0 spiro atoms. The number of para-hydroxylation sites is 1. The van der Waals surface area contributed by atoms with E-state index in [1.807, 2.05) is 52.0 Å². The van der Waals surface area contributed by atoms with E-state index in [9.17, 15) is 27.6 Å². The number of hydrogen-bond donors (Lipinski definition) is 3. The number of carbonyl (C=O) groups is 4. The van der Waals surface area contributed by atoms with Crippen molar-refractivity contribution in [2.45, 2.75) is 127 Å². The van der Waals surface area contributed by atoms with Crippen molar-refractivity contribution >= 4 is 33.8 Å². The quantitative estimate of drug-likeness (QED) is 0.413. The predicted octanol–water partition coefficient (Wildman–Crippen LogP) is 3.58. The average Bonchev–Trinajstić information content (AvgIpc) is 3.93. The third-order valence-corrected chi connectivity index (χ3v) is 11.7. The van der Waals surface area contributed by atoms with E-state index < -0.39 is 68.2 Å². The van der Waals surface area contributed by atoms with E-state index in [1.54, 1.807) is 0 Å². The Bertz CT molecular complexity index is 1460. The second kappa shape index (κ2) is 14.0. The number of sulfonamides is 1. The smallest absolute Gasteiger partial charge is 0.407 e. The van der Waals surface area contributed by atoms with Crippen LogP contribution < -0.4 is 20.1 Å². The molecule has 2 saturated carbocycles. The van der Waals surface area contributed by atoms with Gasteiger partial charge in [-0.05, 0) is 61.5 Å². The molecular formula is C34H50N4O8S. The summed E-state index contributed by atoms with van der Waals surface area (Å²) in [5.41, 5.74) is -1.06. The topological polar surface area (TPSA) is 160 Å². The number of amides is 4. The Kier molecular flexibility index (Phi) is 10.4. The Balaban J connectivity index is 1.43. The van der Waals surface area contributed by atoms with Crippen molar-refractivity contribution in [1.29, 1.82) is 0 Å². The summed E-state index contributed by atoms with van der Waals surface area (Å²) in [6.45, 7) is 7.69. The molecule has 47 heavy (non-hydrogen) atoms. The summed E-state index contributed by atoms with van der Waals surface area (Å²) in [5, 5.41) is 5.04. The van der Waals surface area contributed by atoms with Gasteiger partial charge in [0.1, 0.15) is 29.5 Å². The second-order valence-electron chi connectivity index (χ2n) is 14.6. The van der Waals surface area contributed by atoms with E-state index >= 15 is 0 Å². The third kappa shape index (κ3) is 8.21. The molecule has 0 unspecified atom stereocenters. The van der Waals surface area contributed by atoms with Crippen LogP contribution in [0.4, 0.5) is 4.79 Å². The maximum Gasteiger partial charge on any atom is 0.407 e. The molecule has 3 fully saturated rings. The fourth-order valence-electron chi connectivity index (χ4n) is 6.76. The molecule has 12 nitrogen and oxygen atoms in total. The number of alkyl carbamates (subject to hydrolysis) is 1. The molecule has 260 valence electrons. The molecule has 2 heterocycles. The van der Waals surface area contributed by atoms with Gasteiger partial charge in [-0.15, -0.1) is 0 Å². The highest BCUT2D eigenvalue weighted by Gasteiger charge is 2.62. The van der Waals surface area contributed by atoms with Crippen molar-refractivity contribution in [1.82, 2.24) is 20.3 Å². The molecule has 0 radical (unpaired) electrons. The Morgan fingerprint density at radius 3 is 2.45 bits per heavy atom. The zero-order valence-electron chi connectivity index (χ0n) is 28.0. The Labute approximate surface area is 278 Å². The van der Waals surface area contributed by atoms with Crippen LogP contribution >= 0.6 is 0 Å². The highest BCUT2D eigenvalue weighted by Crippen LogP contribution is 2.47. The van der Waals surface area contributed by atoms with Crippen molar-refractivity contribution in [3.8, 4) is 5.75 Å². The first-order valence-corrected chi connectivity index (χ1v) is 18.7. The number of aryl methyl sites for hydroxylation is 1. The van der Waals surface area contributed by atoms with E-state index in [1.165, 1.54) is 4.90 Å². The maximum atomic E-state index is 14.3. The van der Waals surface area contributed by atoms with Gasteiger partial charge in [0.15, 0.2) is 0 Å². The average molecular weight is 675 g/mol. The van der Waals surface area contributed by atoms with Crippen molar-refractivity contribution in [3.05, 3.63) is 29.8 Å². The number of fused-ring (bicyclic) bond motifs is 3. The molecule has 5 atom stereocenters. The highest BCUT2D eigenvalue weighted by molar-refractivity contribution is 7.91. The van der Waals surface area contributed by atoms with Crippen molar-refractivity contribution in [3.63, 3.8) is 0 Å². The first-order chi connectivity index (χ1) is 22.2. The number of benzene rings is 1. The minimum absolute atomic E-state index is 0.0843. The molecule has 3 N–H and O–H groups in total. The number of nitrogens with one attached hydrogen (secondary N) is 3. The molecule has 13 heteroatoms. The van der Waals surface area contributed by atoms with Crippen LogP contribution in [0.5, 0.6) is 5.75 Å². The van der Waals surface area contributed by atoms with Crippen LogP contribution in [0.3, 0.4) is 0 Å². The van der Waals surface area contributed by atoms with Crippen LogP contribution in [0.2, 0.25) is 0 Å². The monoisotopic (exact) mass is 674 g/mol. The summed E-state index contributed by atoms with van der Waals surface area (Å²) in [6.07, 6.45) is 6.24. The normalized spacial score (nSPS) is 29.2. The summed E-state index contributed by atoms with van der Waals surface area (Å²) in [6, 6.07) is 5.76. The van der Waals surface area contributed by atoms with E-state index in [-0.39, 0.29) is 25.5 Å². The summed E-state index contributed by atoms with van der Waals surface area (Å²) < 4.78 is 39.4. The van der Waals surface area contributed by atoms with E-state index in [0.717, 1.165) is 37.7 Å². The van der Waals surface area contributed by atoms with Gasteiger partial charge in [-0.3, -0.25) is 19.1 Å². The fourth-order valence-corrected chi connectivity index (χ4v) is 8.13. The number of rotatable bonds is 6. The molecule has 4 aliphatic rings. The predicted molar refractivity (Wildman–Crippen MR) is 175 cm³/mol. The standard InChI is InChI=1S/C34H50N4O8S/c1-5-23-20-34(23,31(41)37-47(43,44)25-16-17-25)36-29(39)26-19-24-21-38(26)30(40)28(33(2,3)4)35-32(42)45-18-12-8-6-7-9-13-22-14-10-11-15-27(22)46-24/h10-11,14-15,23-26,28H,5-9,12-13,16-21H2,1-4H3,(H,35,42)(H,36,39)(H,37,41)/t23-,24+,26-,28+,34-/m0/s1. The van der Waals surface area contributed by atoms with Crippen LogP contribution in [0, 0.1) is 11.3 Å². The van der Waals surface area contributed by atoms with Gasteiger partial charge in [0, 0.05) is 6.42 Å². The van der Waals surface area contributed by atoms with Crippen LogP contribution in [-0.4, -0.2) is 79.3 Å². The summed E-state index contributed by atoms with van der Waals surface area (Å²) in [4.78, 5) is 56.1. The van der Waals surface area contributed by atoms with Gasteiger partial charge in [-0.1, -0.05) is 71.6 Å². The summed E-state index contributed by atoms with van der Waals surface area (Å²) in [5.74, 6) is -1.31. The van der Waals surface area contributed by atoms with Crippen LogP contribution in [0.1, 0.15) is 97.5 Å². The Morgan fingerprint density at radius 1 is 1.06 bits per heavy atom. The molecule has 1 aromatic rings. The molecule has 2 aliphatic carbocycles. The molecule has 4 amide bonds. The van der Waals surface area contributed by atoms with Gasteiger partial charge < -0.3 is 25.0 Å². The van der Waals surface area contributed by atoms with Gasteiger partial charge in [0.2, 0.25) is 21.8 Å². The summed E-state index contributed by atoms with van der Waals surface area (Å²) in [7, 11) is -3.82. The molecule has 1 aromatic carbocycles. The highest BCUT2D eigenvalue weighted by atomic mass is 32.2. The zero-order valence-corrected chi connectivity index (χ0v) is 28.8. The second-order valence-corrected chi connectivity index (χ2v) is 16.6. The van der Waals surface area contributed by atoms with Crippen molar-refractivity contribution in [2.75, 3.05) is 13.2 Å². The first-order valence-electron chi connectivity index (χ1n) is 17.1. The lowest BCUT2D eigenvalue weighted by Gasteiger charge is -2.35. The minimum Gasteiger partial charge on any atom is -0.488 e. The van der Waals surface area contributed by atoms with E-state index in [4.69, 9.17) is 9.47 Å². The Hall–Kier alpha value is -3.35. The number of nitrogens with zero attached hydrogens (tertiary/aromatic N) is 1. The fraction of sp³-hybridized carbons (Fsp3) is 0.706. The van der Waals surface area contributed by atoms with Gasteiger partial charge >= 0.3 is 6.09 Å². The number of cyclic esters (lactones) is 1. The Morgan fingerprint density at radius 2 is 1.77 bits per heavy atom. The van der Waals surface area contributed by atoms with Crippen LogP contribution in [-0.2, 0) is 35.6 Å².